The van der Waals surface area contributed by atoms with Crippen molar-refractivity contribution in [1.29, 1.82) is 0 Å². The van der Waals surface area contributed by atoms with E-state index < -0.39 is 0 Å². The predicted octanol–water partition coefficient (Wildman–Crippen LogP) is 2.88. The van der Waals surface area contributed by atoms with Crippen molar-refractivity contribution in [3.8, 4) is 0 Å². The summed E-state index contributed by atoms with van der Waals surface area (Å²) in [4.78, 5) is 6.42. The molecule has 1 aromatic heterocycles. The Morgan fingerprint density at radius 3 is 2.72 bits per heavy atom. The average Bonchev–Trinajstić information content (AvgIpc) is 2.96. The lowest BCUT2D eigenvalue weighted by Gasteiger charge is -2.31. The molecule has 0 aliphatic heterocycles. The van der Waals surface area contributed by atoms with Crippen molar-refractivity contribution in [3.63, 3.8) is 0 Å². The van der Waals surface area contributed by atoms with Crippen molar-refractivity contribution >= 4 is 11.3 Å². The molecular formula is C14H24N2OS. The van der Waals surface area contributed by atoms with Crippen LogP contribution < -0.4 is 5.32 Å². The van der Waals surface area contributed by atoms with Gasteiger partial charge < -0.3 is 10.1 Å². The van der Waals surface area contributed by atoms with E-state index in [0.717, 1.165) is 26.0 Å². The molecule has 0 bridgehead atoms. The van der Waals surface area contributed by atoms with Gasteiger partial charge in [0.15, 0.2) is 0 Å². The zero-order valence-electron chi connectivity index (χ0n) is 11.7. The molecule has 0 aromatic carbocycles. The minimum atomic E-state index is 0.0491. The van der Waals surface area contributed by atoms with Gasteiger partial charge in [0, 0.05) is 18.5 Å². The Kier molecular flexibility index (Phi) is 4.76. The summed E-state index contributed by atoms with van der Waals surface area (Å²) in [6.45, 7) is 6.14. The molecule has 18 heavy (non-hydrogen) atoms. The van der Waals surface area contributed by atoms with E-state index in [1.165, 1.54) is 34.8 Å². The number of aromatic nitrogens is 1. The van der Waals surface area contributed by atoms with E-state index in [2.05, 4.69) is 19.2 Å². The van der Waals surface area contributed by atoms with Crippen LogP contribution in [0.1, 0.15) is 48.7 Å². The van der Waals surface area contributed by atoms with E-state index >= 15 is 0 Å². The number of methoxy groups -OCH3 is 1. The fourth-order valence-corrected chi connectivity index (χ4v) is 4.12. The third-order valence-electron chi connectivity index (χ3n) is 3.98. The molecule has 0 saturated carbocycles. The van der Waals surface area contributed by atoms with Crippen LogP contribution in [0.2, 0.25) is 0 Å². The first kappa shape index (κ1) is 14.0. The molecule has 0 amide bonds. The maximum Gasteiger partial charge on any atom is 0.113 e. The van der Waals surface area contributed by atoms with Crippen molar-refractivity contribution in [2.45, 2.75) is 51.5 Å². The Balaban J connectivity index is 2.16. The second-order valence-electron chi connectivity index (χ2n) is 4.95. The Hall–Kier alpha value is -0.450. The Labute approximate surface area is 114 Å². The predicted molar refractivity (Wildman–Crippen MR) is 76.3 cm³/mol. The molecule has 1 N–H and O–H groups in total. The van der Waals surface area contributed by atoms with Crippen LogP contribution in [0.15, 0.2) is 0 Å². The summed E-state index contributed by atoms with van der Waals surface area (Å²) in [5, 5.41) is 4.95. The van der Waals surface area contributed by atoms with Crippen LogP contribution in [0, 0.1) is 0 Å². The van der Waals surface area contributed by atoms with E-state index in [1.807, 2.05) is 11.3 Å². The van der Waals surface area contributed by atoms with Crippen molar-refractivity contribution in [1.82, 2.24) is 10.3 Å². The molecule has 2 rings (SSSR count). The molecule has 1 aromatic rings. The SMILES string of the molecule is CCC(CC)(NCCOC)c1nc2c(s1)CCC2. The van der Waals surface area contributed by atoms with Crippen molar-refractivity contribution < 1.29 is 4.74 Å². The van der Waals surface area contributed by atoms with Crippen LogP contribution in [0.25, 0.3) is 0 Å². The second kappa shape index (κ2) is 6.13. The van der Waals surface area contributed by atoms with Crippen LogP contribution >= 0.6 is 11.3 Å². The highest BCUT2D eigenvalue weighted by Crippen LogP contribution is 2.36. The van der Waals surface area contributed by atoms with Gasteiger partial charge in [0.25, 0.3) is 0 Å². The number of thiazole rings is 1. The molecule has 3 nitrogen and oxygen atoms in total. The fraction of sp³-hybridized carbons (Fsp3) is 0.786. The van der Waals surface area contributed by atoms with E-state index in [1.54, 1.807) is 7.11 Å². The molecule has 0 radical (unpaired) electrons. The second-order valence-corrected chi connectivity index (χ2v) is 6.03. The van der Waals surface area contributed by atoms with Gasteiger partial charge in [-0.05, 0) is 32.1 Å². The topological polar surface area (TPSA) is 34.1 Å². The van der Waals surface area contributed by atoms with Crippen LogP contribution in [-0.4, -0.2) is 25.2 Å². The molecule has 0 atom stereocenters. The summed E-state index contributed by atoms with van der Waals surface area (Å²) >= 11 is 1.92. The largest absolute Gasteiger partial charge is 0.383 e. The number of nitrogens with zero attached hydrogens (tertiary/aromatic N) is 1. The van der Waals surface area contributed by atoms with E-state index in [0.29, 0.717) is 0 Å². The first-order valence-corrected chi connectivity index (χ1v) is 7.80. The molecule has 1 heterocycles. The van der Waals surface area contributed by atoms with E-state index in [4.69, 9.17) is 9.72 Å². The molecular weight excluding hydrogens is 244 g/mol. The van der Waals surface area contributed by atoms with Crippen molar-refractivity contribution in [2.24, 2.45) is 0 Å². The molecule has 1 aliphatic carbocycles. The Bertz CT molecular complexity index is 364. The summed E-state index contributed by atoms with van der Waals surface area (Å²) < 4.78 is 5.14. The van der Waals surface area contributed by atoms with Gasteiger partial charge in [-0.15, -0.1) is 11.3 Å². The molecule has 1 aliphatic rings. The van der Waals surface area contributed by atoms with Gasteiger partial charge in [0.05, 0.1) is 17.8 Å². The highest BCUT2D eigenvalue weighted by Gasteiger charge is 2.33. The summed E-state index contributed by atoms with van der Waals surface area (Å²) in [6.07, 6.45) is 5.86. The van der Waals surface area contributed by atoms with Gasteiger partial charge in [-0.1, -0.05) is 13.8 Å². The van der Waals surface area contributed by atoms with Crippen molar-refractivity contribution in [2.75, 3.05) is 20.3 Å². The standard InChI is InChI=1S/C14H24N2OS/c1-4-14(5-2,15-9-10-17-3)13-16-11-7-6-8-12(11)18-13/h15H,4-10H2,1-3H3. The summed E-state index contributed by atoms with van der Waals surface area (Å²) in [5.74, 6) is 0. The van der Waals surface area contributed by atoms with Crippen LogP contribution in [0.5, 0.6) is 0 Å². The summed E-state index contributed by atoms with van der Waals surface area (Å²) in [5.41, 5.74) is 1.41. The number of fused-ring (bicyclic) bond motifs is 1. The smallest absolute Gasteiger partial charge is 0.113 e. The zero-order chi connectivity index (χ0) is 13.0. The lowest BCUT2D eigenvalue weighted by molar-refractivity contribution is 0.180. The summed E-state index contributed by atoms with van der Waals surface area (Å²) in [6, 6.07) is 0. The lowest BCUT2D eigenvalue weighted by atomic mass is 9.93. The number of rotatable bonds is 7. The number of ether oxygens (including phenoxy) is 1. The maximum atomic E-state index is 5.14. The van der Waals surface area contributed by atoms with E-state index in [9.17, 15) is 0 Å². The van der Waals surface area contributed by atoms with Crippen molar-refractivity contribution in [3.05, 3.63) is 15.6 Å². The lowest BCUT2D eigenvalue weighted by Crippen LogP contribution is -2.43. The first-order valence-electron chi connectivity index (χ1n) is 6.98. The third-order valence-corrected chi connectivity index (χ3v) is 5.34. The van der Waals surface area contributed by atoms with E-state index in [-0.39, 0.29) is 5.54 Å². The van der Waals surface area contributed by atoms with Gasteiger partial charge in [-0.25, -0.2) is 4.98 Å². The molecule has 0 saturated heterocycles. The van der Waals surface area contributed by atoms with Gasteiger partial charge >= 0.3 is 0 Å². The van der Waals surface area contributed by atoms with Crippen LogP contribution in [-0.2, 0) is 23.1 Å². The van der Waals surface area contributed by atoms with Gasteiger partial charge in [0.2, 0.25) is 0 Å². The molecule has 0 spiro atoms. The van der Waals surface area contributed by atoms with Crippen LogP contribution in [0.3, 0.4) is 0 Å². The number of hydrogen-bond acceptors (Lipinski definition) is 4. The Morgan fingerprint density at radius 1 is 1.33 bits per heavy atom. The zero-order valence-corrected chi connectivity index (χ0v) is 12.5. The number of aryl methyl sites for hydroxylation is 2. The highest BCUT2D eigenvalue weighted by atomic mass is 32.1. The maximum absolute atomic E-state index is 5.14. The molecule has 0 fully saturated rings. The molecule has 0 unspecified atom stereocenters. The fourth-order valence-electron chi connectivity index (χ4n) is 2.67. The molecule has 102 valence electrons. The van der Waals surface area contributed by atoms with Gasteiger partial charge in [0.1, 0.15) is 5.01 Å². The van der Waals surface area contributed by atoms with Gasteiger partial charge in [-0.3, -0.25) is 0 Å². The van der Waals surface area contributed by atoms with Crippen LogP contribution in [0.4, 0.5) is 0 Å². The Morgan fingerprint density at radius 2 is 2.11 bits per heavy atom. The minimum absolute atomic E-state index is 0.0491. The quantitative estimate of drug-likeness (QED) is 0.772. The third kappa shape index (κ3) is 2.60. The number of hydrogen-bond donors (Lipinski definition) is 1. The highest BCUT2D eigenvalue weighted by molar-refractivity contribution is 7.12. The minimum Gasteiger partial charge on any atom is -0.383 e. The van der Waals surface area contributed by atoms with Gasteiger partial charge in [-0.2, -0.15) is 0 Å². The molecule has 4 heteroatoms. The normalized spacial score (nSPS) is 15.1. The summed E-state index contributed by atoms with van der Waals surface area (Å²) in [7, 11) is 1.75. The average molecular weight is 268 g/mol. The number of nitrogens with one attached hydrogen (secondary N) is 1. The first-order chi connectivity index (χ1) is 8.75. The monoisotopic (exact) mass is 268 g/mol.